The minimum atomic E-state index is -2.88. The van der Waals surface area contributed by atoms with Gasteiger partial charge in [-0.1, -0.05) is 5.92 Å². The molecule has 36 heavy (non-hydrogen) atoms. The Morgan fingerprint density at radius 1 is 1.36 bits per heavy atom. The summed E-state index contributed by atoms with van der Waals surface area (Å²) in [4.78, 5) is 29.1. The zero-order valence-corrected chi connectivity index (χ0v) is 20.3. The zero-order chi connectivity index (χ0) is 26.2. The number of methoxy groups -OCH3 is 1. The topological polar surface area (TPSA) is 165 Å². The number of aromatic nitrogens is 3. The fourth-order valence-corrected chi connectivity index (χ4v) is 3.28. The lowest BCUT2D eigenvalue weighted by molar-refractivity contribution is 0.0998. The van der Waals surface area contributed by atoms with Gasteiger partial charge in [0.1, 0.15) is 22.2 Å². The summed E-state index contributed by atoms with van der Waals surface area (Å²) in [5, 5.41) is 10.4. The molecule has 6 N–H and O–H groups in total. The Bertz CT molecular complexity index is 1270. The molecule has 0 aliphatic heterocycles. The SMILES string of the molecule is CN/C=C\C(N)c1cnc(C(=O)N=C(N)SC(=N)C#CC2CC2)c(-c2cc(C(F)F)ncc2OC)n1. The normalized spacial score (nSPS) is 14.3. The molecule has 0 spiro atoms. The highest BCUT2D eigenvalue weighted by Gasteiger charge is 2.24. The molecule has 1 aliphatic rings. The van der Waals surface area contributed by atoms with E-state index in [1.807, 2.05) is 0 Å². The average molecular weight is 515 g/mol. The molecule has 3 rings (SSSR count). The fourth-order valence-electron chi connectivity index (χ4n) is 2.83. The Balaban J connectivity index is 2.04. The molecule has 0 bridgehead atoms. The van der Waals surface area contributed by atoms with E-state index in [2.05, 4.69) is 37.1 Å². The average Bonchev–Trinajstić information content (AvgIpc) is 3.69. The van der Waals surface area contributed by atoms with E-state index in [9.17, 15) is 13.6 Å². The molecule has 10 nitrogen and oxygen atoms in total. The third-order valence-electron chi connectivity index (χ3n) is 4.78. The second kappa shape index (κ2) is 12.2. The number of nitrogens with zero attached hydrogens (tertiary/aromatic N) is 4. The van der Waals surface area contributed by atoms with Crippen molar-refractivity contribution in [2.24, 2.45) is 22.4 Å². The van der Waals surface area contributed by atoms with E-state index in [1.54, 1.807) is 19.3 Å². The summed E-state index contributed by atoms with van der Waals surface area (Å²) in [5.41, 5.74) is 11.4. The molecular formula is C23H24F2N8O2S. The molecule has 0 saturated heterocycles. The van der Waals surface area contributed by atoms with Crippen molar-refractivity contribution in [2.45, 2.75) is 25.3 Å². The zero-order valence-electron chi connectivity index (χ0n) is 19.5. The second-order valence-corrected chi connectivity index (χ2v) is 8.54. The first kappa shape index (κ1) is 26.7. The van der Waals surface area contributed by atoms with Gasteiger partial charge in [0.2, 0.25) is 0 Å². The predicted octanol–water partition coefficient (Wildman–Crippen LogP) is 2.80. The molecule has 0 radical (unpaired) electrons. The highest BCUT2D eigenvalue weighted by Crippen LogP contribution is 2.33. The molecule has 2 aromatic heterocycles. The fraction of sp³-hybridized carbons (Fsp3) is 0.304. The molecule has 1 atom stereocenters. The van der Waals surface area contributed by atoms with Crippen LogP contribution >= 0.6 is 11.8 Å². The van der Waals surface area contributed by atoms with E-state index in [4.69, 9.17) is 21.6 Å². The number of hydrogen-bond acceptors (Lipinski definition) is 9. The maximum Gasteiger partial charge on any atom is 0.300 e. The van der Waals surface area contributed by atoms with Crippen molar-refractivity contribution < 1.29 is 18.3 Å². The van der Waals surface area contributed by atoms with Crippen LogP contribution in [0, 0.1) is 23.2 Å². The van der Waals surface area contributed by atoms with Gasteiger partial charge in [-0.2, -0.15) is 4.99 Å². The van der Waals surface area contributed by atoms with Crippen LogP contribution in [0.15, 0.2) is 35.7 Å². The summed E-state index contributed by atoms with van der Waals surface area (Å²) in [6.07, 6.45) is 4.72. The first-order chi connectivity index (χ1) is 17.2. The smallest absolute Gasteiger partial charge is 0.300 e. The molecule has 1 fully saturated rings. The van der Waals surface area contributed by atoms with Gasteiger partial charge in [-0.05, 0) is 48.9 Å². The van der Waals surface area contributed by atoms with Gasteiger partial charge in [-0.25, -0.2) is 18.7 Å². The van der Waals surface area contributed by atoms with Gasteiger partial charge in [0, 0.05) is 18.5 Å². The van der Waals surface area contributed by atoms with Crippen LogP contribution in [0.5, 0.6) is 5.75 Å². The van der Waals surface area contributed by atoms with Crippen LogP contribution in [0.25, 0.3) is 11.3 Å². The number of carbonyl (C=O) groups is 1. The maximum absolute atomic E-state index is 13.4. The minimum Gasteiger partial charge on any atom is -0.494 e. The summed E-state index contributed by atoms with van der Waals surface area (Å²) >= 11 is 0.724. The van der Waals surface area contributed by atoms with E-state index in [0.717, 1.165) is 36.9 Å². The van der Waals surface area contributed by atoms with Crippen LogP contribution in [0.2, 0.25) is 0 Å². The number of ether oxygens (including phenoxy) is 1. The summed E-state index contributed by atoms with van der Waals surface area (Å²) in [6, 6.07) is 0.346. The molecule has 1 aliphatic carbocycles. The van der Waals surface area contributed by atoms with E-state index < -0.39 is 24.1 Å². The van der Waals surface area contributed by atoms with Gasteiger partial charge in [0.25, 0.3) is 12.3 Å². The minimum absolute atomic E-state index is 0.0507. The van der Waals surface area contributed by atoms with Gasteiger partial charge >= 0.3 is 0 Å². The lowest BCUT2D eigenvalue weighted by atomic mass is 10.1. The quantitative estimate of drug-likeness (QED) is 0.247. The second-order valence-electron chi connectivity index (χ2n) is 7.51. The van der Waals surface area contributed by atoms with Gasteiger partial charge in [0.15, 0.2) is 10.9 Å². The molecule has 2 aromatic rings. The number of alkyl halides is 2. The van der Waals surface area contributed by atoms with Crippen molar-refractivity contribution in [2.75, 3.05) is 14.2 Å². The molecule has 1 unspecified atom stereocenters. The Hall–Kier alpha value is -3.89. The van der Waals surface area contributed by atoms with Crippen LogP contribution in [0.1, 0.15) is 47.2 Å². The monoisotopic (exact) mass is 514 g/mol. The Labute approximate surface area is 210 Å². The number of hydrogen-bond donors (Lipinski definition) is 4. The Morgan fingerprint density at radius 3 is 2.75 bits per heavy atom. The molecule has 1 saturated carbocycles. The van der Waals surface area contributed by atoms with Crippen molar-refractivity contribution in [1.82, 2.24) is 20.3 Å². The van der Waals surface area contributed by atoms with Gasteiger partial charge in [0.05, 0.1) is 31.2 Å². The number of nitrogens with one attached hydrogen (secondary N) is 2. The predicted molar refractivity (Wildman–Crippen MR) is 134 cm³/mol. The maximum atomic E-state index is 13.4. The first-order valence-electron chi connectivity index (χ1n) is 10.7. The van der Waals surface area contributed by atoms with Crippen LogP contribution in [-0.4, -0.2) is 45.2 Å². The van der Waals surface area contributed by atoms with Crippen LogP contribution in [0.3, 0.4) is 0 Å². The Morgan fingerprint density at radius 2 is 2.11 bits per heavy atom. The van der Waals surface area contributed by atoms with Crippen molar-refractivity contribution >= 4 is 27.9 Å². The van der Waals surface area contributed by atoms with Gasteiger partial charge < -0.3 is 21.5 Å². The molecular weight excluding hydrogens is 490 g/mol. The summed E-state index contributed by atoms with van der Waals surface area (Å²) in [7, 11) is 3.01. The summed E-state index contributed by atoms with van der Waals surface area (Å²) < 4.78 is 32.1. The van der Waals surface area contributed by atoms with E-state index in [0.29, 0.717) is 5.92 Å². The number of rotatable bonds is 7. The number of halogens is 2. The Kier molecular flexibility index (Phi) is 9.04. The summed E-state index contributed by atoms with van der Waals surface area (Å²) in [6.45, 7) is 0. The van der Waals surface area contributed by atoms with E-state index >= 15 is 0 Å². The molecule has 188 valence electrons. The first-order valence-corrected chi connectivity index (χ1v) is 11.5. The number of thioether (sulfide) groups is 1. The number of aliphatic imine (C=N–C) groups is 1. The van der Waals surface area contributed by atoms with Crippen LogP contribution < -0.4 is 21.5 Å². The van der Waals surface area contributed by atoms with Crippen molar-refractivity contribution in [3.8, 4) is 28.8 Å². The molecule has 1 amide bonds. The highest BCUT2D eigenvalue weighted by atomic mass is 32.2. The third-order valence-corrected chi connectivity index (χ3v) is 5.38. The van der Waals surface area contributed by atoms with Gasteiger partial charge in [-0.3, -0.25) is 15.2 Å². The highest BCUT2D eigenvalue weighted by molar-refractivity contribution is 8.26. The number of carbonyl (C=O) groups excluding carboxylic acids is 1. The van der Waals surface area contributed by atoms with Crippen molar-refractivity contribution in [1.29, 1.82) is 5.41 Å². The number of amides is 1. The number of pyridine rings is 1. The molecule has 2 heterocycles. The summed E-state index contributed by atoms with van der Waals surface area (Å²) in [5.74, 6) is 5.08. The molecule has 0 aromatic carbocycles. The van der Waals surface area contributed by atoms with E-state index in [-0.39, 0.29) is 38.6 Å². The number of nitrogens with two attached hydrogens (primary N) is 2. The van der Waals surface area contributed by atoms with Crippen molar-refractivity contribution in [3.63, 3.8) is 0 Å². The van der Waals surface area contributed by atoms with Crippen molar-refractivity contribution in [3.05, 3.63) is 47.8 Å². The third kappa shape index (κ3) is 7.06. The molecule has 13 heteroatoms. The number of amidine groups is 1. The largest absolute Gasteiger partial charge is 0.494 e. The lowest BCUT2D eigenvalue weighted by Gasteiger charge is -2.14. The lowest BCUT2D eigenvalue weighted by Crippen LogP contribution is -2.16. The van der Waals surface area contributed by atoms with Crippen LogP contribution in [0.4, 0.5) is 8.78 Å². The van der Waals surface area contributed by atoms with E-state index in [1.165, 1.54) is 13.3 Å². The van der Waals surface area contributed by atoms with Gasteiger partial charge in [-0.15, -0.1) is 0 Å². The standard InChI is InChI=1S/C23H24F2N8O2S/c1-29-8-7-14(26)16-10-31-20(22(34)33-23(28)36-18(27)6-5-12-3-4-12)19(32-16)13-9-15(21(24)25)30-11-17(13)35-2/h7-12,14,21,27,29H,3-4,26H2,1-2H3,(H2,28,33,34)/b8-7-,27-18?. The van der Waals surface area contributed by atoms with Crippen LogP contribution in [-0.2, 0) is 0 Å².